The van der Waals surface area contributed by atoms with Crippen LogP contribution in [0.1, 0.15) is 36.5 Å². The van der Waals surface area contributed by atoms with Crippen molar-refractivity contribution in [3.05, 3.63) is 54.1 Å². The van der Waals surface area contributed by atoms with Crippen molar-refractivity contribution in [2.45, 2.75) is 31.1 Å². The molecule has 0 saturated heterocycles. The number of benzene rings is 2. The Bertz CT molecular complexity index is 1170. The highest BCUT2D eigenvalue weighted by Gasteiger charge is 2.24. The molecule has 0 atom stereocenters. The van der Waals surface area contributed by atoms with Crippen LogP contribution in [-0.2, 0) is 29.1 Å². The highest BCUT2D eigenvalue weighted by Crippen LogP contribution is 2.27. The Kier molecular flexibility index (Phi) is 7.78. The molecule has 1 amide bonds. The van der Waals surface area contributed by atoms with Gasteiger partial charge in [-0.1, -0.05) is 12.1 Å². The van der Waals surface area contributed by atoms with Crippen molar-refractivity contribution in [2.75, 3.05) is 23.8 Å². The third-order valence-corrected chi connectivity index (χ3v) is 5.89. The average Bonchev–Trinajstić information content (AvgIpc) is 2.78. The van der Waals surface area contributed by atoms with Gasteiger partial charge in [-0.25, -0.2) is 4.79 Å². The lowest BCUT2D eigenvalue weighted by atomic mass is 10.2. The molecule has 10 nitrogen and oxygen atoms in total. The molecular weight excluding hydrogens is 450 g/mol. The first-order valence-corrected chi connectivity index (χ1v) is 11.6. The van der Waals surface area contributed by atoms with Crippen LogP contribution < -0.4 is 10.6 Å². The van der Waals surface area contributed by atoms with Gasteiger partial charge in [0.05, 0.1) is 17.9 Å². The van der Waals surface area contributed by atoms with Crippen LogP contribution in [0.25, 0.3) is 0 Å². The van der Waals surface area contributed by atoms with Gasteiger partial charge < -0.3 is 20.1 Å². The monoisotopic (exact) mass is 473 g/mol. The molecule has 0 radical (unpaired) electrons. The SMILES string of the molecule is CCOC(=O)c1ccc(NC(=O)COC(=O)CCCC2=NS(=O)(=O)c3ccccc3N2)cc1. The number of amidine groups is 1. The minimum atomic E-state index is -3.77. The van der Waals surface area contributed by atoms with Gasteiger partial charge in [-0.15, -0.1) is 4.40 Å². The maximum atomic E-state index is 12.2. The van der Waals surface area contributed by atoms with Crippen LogP contribution in [0.3, 0.4) is 0 Å². The third kappa shape index (κ3) is 6.62. The first-order valence-electron chi connectivity index (χ1n) is 10.2. The molecule has 1 aliphatic rings. The van der Waals surface area contributed by atoms with Gasteiger partial charge >= 0.3 is 11.9 Å². The number of hydrogen-bond donors (Lipinski definition) is 2. The first-order chi connectivity index (χ1) is 15.8. The zero-order valence-electron chi connectivity index (χ0n) is 17.9. The Morgan fingerprint density at radius 2 is 1.76 bits per heavy atom. The lowest BCUT2D eigenvalue weighted by molar-refractivity contribution is -0.147. The second-order valence-electron chi connectivity index (χ2n) is 6.99. The zero-order chi connectivity index (χ0) is 23.8. The maximum absolute atomic E-state index is 12.2. The molecule has 2 N–H and O–H groups in total. The molecule has 0 fully saturated rings. The second kappa shape index (κ2) is 10.7. The molecule has 0 bridgehead atoms. The van der Waals surface area contributed by atoms with Crippen molar-refractivity contribution in [1.29, 1.82) is 0 Å². The number of ether oxygens (including phenoxy) is 2. The number of para-hydroxylation sites is 1. The van der Waals surface area contributed by atoms with Gasteiger partial charge in [-0.05, 0) is 49.7 Å². The van der Waals surface area contributed by atoms with E-state index < -0.39 is 34.5 Å². The molecular formula is C22H23N3O7S. The summed E-state index contributed by atoms with van der Waals surface area (Å²) >= 11 is 0. The summed E-state index contributed by atoms with van der Waals surface area (Å²) in [5.41, 5.74) is 1.23. The van der Waals surface area contributed by atoms with Crippen LogP contribution >= 0.6 is 0 Å². The van der Waals surface area contributed by atoms with E-state index in [2.05, 4.69) is 15.0 Å². The average molecular weight is 474 g/mol. The van der Waals surface area contributed by atoms with Crippen LogP contribution in [0.4, 0.5) is 11.4 Å². The van der Waals surface area contributed by atoms with Gasteiger partial charge in [0.25, 0.3) is 15.9 Å². The van der Waals surface area contributed by atoms with Crippen LogP contribution in [-0.4, -0.2) is 45.3 Å². The van der Waals surface area contributed by atoms with Gasteiger partial charge in [-0.3, -0.25) is 9.59 Å². The van der Waals surface area contributed by atoms with Crippen LogP contribution in [0.2, 0.25) is 0 Å². The lowest BCUT2D eigenvalue weighted by Gasteiger charge is -2.17. The summed E-state index contributed by atoms with van der Waals surface area (Å²) in [4.78, 5) is 35.6. The molecule has 0 unspecified atom stereocenters. The number of nitrogens with one attached hydrogen (secondary N) is 2. The molecule has 33 heavy (non-hydrogen) atoms. The molecule has 1 heterocycles. The molecule has 2 aromatic rings. The second-order valence-corrected chi connectivity index (χ2v) is 8.57. The van der Waals surface area contributed by atoms with E-state index >= 15 is 0 Å². The van der Waals surface area contributed by atoms with Gasteiger partial charge in [-0.2, -0.15) is 8.42 Å². The fourth-order valence-electron chi connectivity index (χ4n) is 3.00. The smallest absolute Gasteiger partial charge is 0.338 e. The first kappa shape index (κ1) is 23.9. The number of esters is 2. The van der Waals surface area contributed by atoms with Crippen LogP contribution in [0, 0.1) is 0 Å². The summed E-state index contributed by atoms with van der Waals surface area (Å²) in [5, 5.41) is 5.50. The Hall–Kier alpha value is -3.73. The number of rotatable bonds is 9. The van der Waals surface area contributed by atoms with E-state index in [0.717, 1.165) is 0 Å². The van der Waals surface area contributed by atoms with E-state index in [1.807, 2.05) is 0 Å². The van der Waals surface area contributed by atoms with Crippen molar-refractivity contribution in [3.63, 3.8) is 0 Å². The van der Waals surface area contributed by atoms with E-state index in [9.17, 15) is 22.8 Å². The largest absolute Gasteiger partial charge is 0.462 e. The molecule has 0 saturated carbocycles. The summed E-state index contributed by atoms with van der Waals surface area (Å²) in [5.74, 6) is -1.35. The van der Waals surface area contributed by atoms with E-state index in [1.54, 1.807) is 25.1 Å². The number of sulfonamides is 1. The minimum Gasteiger partial charge on any atom is -0.462 e. The number of nitrogens with zero attached hydrogens (tertiary/aromatic N) is 1. The van der Waals surface area contributed by atoms with Crippen molar-refractivity contribution in [1.82, 2.24) is 0 Å². The molecule has 0 spiro atoms. The Morgan fingerprint density at radius 3 is 2.48 bits per heavy atom. The quantitative estimate of drug-likeness (QED) is 0.530. The summed E-state index contributed by atoms with van der Waals surface area (Å²) in [6.45, 7) is 1.50. The van der Waals surface area contributed by atoms with Crippen LogP contribution in [0.5, 0.6) is 0 Å². The number of fused-ring (bicyclic) bond motifs is 1. The number of hydrogen-bond acceptors (Lipinski definition) is 8. The highest BCUT2D eigenvalue weighted by atomic mass is 32.2. The normalized spacial score (nSPS) is 13.7. The van der Waals surface area contributed by atoms with E-state index in [1.165, 1.54) is 30.3 Å². The van der Waals surface area contributed by atoms with E-state index in [4.69, 9.17) is 9.47 Å². The summed E-state index contributed by atoms with van der Waals surface area (Å²) in [6, 6.07) is 12.5. The van der Waals surface area contributed by atoms with Gasteiger partial charge in [0.2, 0.25) is 0 Å². The van der Waals surface area contributed by atoms with Gasteiger partial charge in [0.15, 0.2) is 6.61 Å². The fraction of sp³-hybridized carbons (Fsp3) is 0.273. The number of carbonyl (C=O) groups is 3. The lowest BCUT2D eigenvalue weighted by Crippen LogP contribution is -2.22. The van der Waals surface area contributed by atoms with E-state index in [0.29, 0.717) is 23.4 Å². The number of anilines is 2. The predicted octanol–water partition coefficient (Wildman–Crippen LogP) is 2.73. The van der Waals surface area contributed by atoms with Gasteiger partial charge in [0.1, 0.15) is 10.7 Å². The maximum Gasteiger partial charge on any atom is 0.338 e. The molecule has 11 heteroatoms. The molecule has 0 aliphatic carbocycles. The Morgan fingerprint density at radius 1 is 1.03 bits per heavy atom. The molecule has 1 aliphatic heterocycles. The number of carbonyl (C=O) groups excluding carboxylic acids is 3. The summed E-state index contributed by atoms with van der Waals surface area (Å²) < 4.78 is 38.0. The highest BCUT2D eigenvalue weighted by molar-refractivity contribution is 7.90. The van der Waals surface area contributed by atoms with Crippen molar-refractivity contribution >= 4 is 45.1 Å². The Balaban J connectivity index is 1.40. The molecule has 2 aromatic carbocycles. The van der Waals surface area contributed by atoms with Crippen molar-refractivity contribution < 1.29 is 32.3 Å². The van der Waals surface area contributed by atoms with Gasteiger partial charge in [0, 0.05) is 18.5 Å². The zero-order valence-corrected chi connectivity index (χ0v) is 18.7. The van der Waals surface area contributed by atoms with Crippen molar-refractivity contribution in [3.8, 4) is 0 Å². The standard InChI is InChI=1S/C22H23N3O7S/c1-2-31-22(28)15-10-12-16(13-11-15)23-20(26)14-32-21(27)9-5-8-19-24-17-6-3-4-7-18(17)33(29,30)25-19/h3-4,6-7,10-13H,2,5,8-9,14H2,1H3,(H,23,26)(H,24,25). The summed E-state index contributed by atoms with van der Waals surface area (Å²) in [6.07, 6.45) is 0.505. The van der Waals surface area contributed by atoms with Crippen LogP contribution in [0.15, 0.2) is 57.8 Å². The predicted molar refractivity (Wildman–Crippen MR) is 121 cm³/mol. The minimum absolute atomic E-state index is 0.0100. The third-order valence-electron chi connectivity index (χ3n) is 4.51. The van der Waals surface area contributed by atoms with E-state index in [-0.39, 0.29) is 30.2 Å². The molecule has 0 aromatic heterocycles. The molecule has 174 valence electrons. The topological polar surface area (TPSA) is 140 Å². The number of amides is 1. The fourth-order valence-corrected chi connectivity index (χ4v) is 4.17. The Labute approximate surface area is 191 Å². The summed E-state index contributed by atoms with van der Waals surface area (Å²) in [7, 11) is -3.77. The van der Waals surface area contributed by atoms with Crippen molar-refractivity contribution in [2.24, 2.45) is 4.40 Å². The molecule has 3 rings (SSSR count).